The Kier molecular flexibility index (Phi) is 4.75. The summed E-state index contributed by atoms with van der Waals surface area (Å²) in [6.07, 6.45) is 1.85. The van der Waals surface area contributed by atoms with Crippen molar-refractivity contribution < 1.29 is 19.1 Å². The number of aromatic carboxylic acids is 1. The van der Waals surface area contributed by atoms with Crippen molar-refractivity contribution in [3.8, 4) is 0 Å². The van der Waals surface area contributed by atoms with E-state index in [0.717, 1.165) is 4.47 Å². The molecule has 0 saturated carbocycles. The van der Waals surface area contributed by atoms with Gasteiger partial charge in [0.25, 0.3) is 5.91 Å². The third-order valence-electron chi connectivity index (χ3n) is 3.23. The van der Waals surface area contributed by atoms with Crippen molar-refractivity contribution in [2.45, 2.75) is 33.4 Å². The lowest BCUT2D eigenvalue weighted by molar-refractivity contribution is 0.0694. The Morgan fingerprint density at radius 3 is 2.64 bits per heavy atom. The van der Waals surface area contributed by atoms with Gasteiger partial charge in [-0.3, -0.25) is 4.79 Å². The third kappa shape index (κ3) is 3.41. The predicted octanol–water partition coefficient (Wildman–Crippen LogP) is 3.36. The number of hydrogen-bond donors (Lipinski definition) is 2. The van der Waals surface area contributed by atoms with Gasteiger partial charge in [-0.05, 0) is 48.8 Å². The molecule has 0 saturated heterocycles. The Bertz CT molecular complexity index is 715. The summed E-state index contributed by atoms with van der Waals surface area (Å²) in [5, 5.41) is 11.7. The minimum atomic E-state index is -1.04. The van der Waals surface area contributed by atoms with Gasteiger partial charge >= 0.3 is 5.97 Å². The van der Waals surface area contributed by atoms with Crippen LogP contribution in [0.25, 0.3) is 0 Å². The SMILES string of the molecule is Cc1oc(CNC(=O)c2cc(Br)cn2C(C)C)cc1C(=O)O. The molecular weight excluding hydrogens is 352 g/mol. The van der Waals surface area contributed by atoms with Crippen LogP contribution in [0.4, 0.5) is 0 Å². The Balaban J connectivity index is 2.10. The number of hydrogen-bond acceptors (Lipinski definition) is 3. The van der Waals surface area contributed by atoms with Gasteiger partial charge in [-0.2, -0.15) is 0 Å². The first-order valence-electron chi connectivity index (χ1n) is 6.77. The second-order valence-corrected chi connectivity index (χ2v) is 6.13. The van der Waals surface area contributed by atoms with E-state index < -0.39 is 5.97 Å². The van der Waals surface area contributed by atoms with Crippen LogP contribution in [0.3, 0.4) is 0 Å². The molecule has 7 heteroatoms. The molecule has 0 atom stereocenters. The first kappa shape index (κ1) is 16.4. The fourth-order valence-electron chi connectivity index (χ4n) is 2.16. The maximum Gasteiger partial charge on any atom is 0.339 e. The van der Waals surface area contributed by atoms with Crippen LogP contribution in [0, 0.1) is 6.92 Å². The summed E-state index contributed by atoms with van der Waals surface area (Å²) < 4.78 is 8.02. The zero-order chi connectivity index (χ0) is 16.4. The van der Waals surface area contributed by atoms with Crippen molar-refractivity contribution in [1.82, 2.24) is 9.88 Å². The van der Waals surface area contributed by atoms with Gasteiger partial charge in [-0.25, -0.2) is 4.79 Å². The highest BCUT2D eigenvalue weighted by Crippen LogP contribution is 2.20. The van der Waals surface area contributed by atoms with E-state index in [2.05, 4.69) is 21.2 Å². The average Bonchev–Trinajstić information content (AvgIpc) is 2.99. The standard InChI is InChI=1S/C15H17BrN2O4/c1-8(2)18-7-10(16)4-13(18)14(19)17-6-11-5-12(15(20)21)9(3)22-11/h4-5,7-8H,6H2,1-3H3,(H,17,19)(H,20,21). The maximum atomic E-state index is 12.3. The first-order valence-corrected chi connectivity index (χ1v) is 7.57. The Hall–Kier alpha value is -2.02. The first-order chi connectivity index (χ1) is 10.3. The van der Waals surface area contributed by atoms with Crippen molar-refractivity contribution in [3.05, 3.63) is 45.6 Å². The monoisotopic (exact) mass is 368 g/mol. The quantitative estimate of drug-likeness (QED) is 0.847. The number of carboxylic acid groups (broad SMARTS) is 1. The number of amides is 1. The van der Waals surface area contributed by atoms with Crippen molar-refractivity contribution in [1.29, 1.82) is 0 Å². The van der Waals surface area contributed by atoms with Crippen LogP contribution in [0.1, 0.15) is 52.3 Å². The van der Waals surface area contributed by atoms with Crippen LogP contribution in [0.2, 0.25) is 0 Å². The zero-order valence-electron chi connectivity index (χ0n) is 12.5. The van der Waals surface area contributed by atoms with E-state index in [4.69, 9.17) is 9.52 Å². The largest absolute Gasteiger partial charge is 0.478 e. The van der Waals surface area contributed by atoms with E-state index in [1.54, 1.807) is 13.0 Å². The van der Waals surface area contributed by atoms with Crippen LogP contribution in [0.15, 0.2) is 27.2 Å². The average molecular weight is 369 g/mol. The number of nitrogens with one attached hydrogen (secondary N) is 1. The number of halogens is 1. The Morgan fingerprint density at radius 2 is 2.09 bits per heavy atom. The van der Waals surface area contributed by atoms with Crippen LogP contribution in [-0.2, 0) is 6.54 Å². The summed E-state index contributed by atoms with van der Waals surface area (Å²) >= 11 is 3.36. The zero-order valence-corrected chi connectivity index (χ0v) is 14.1. The van der Waals surface area contributed by atoms with Crippen molar-refractivity contribution >= 4 is 27.8 Å². The molecule has 118 valence electrons. The maximum absolute atomic E-state index is 12.3. The highest BCUT2D eigenvalue weighted by atomic mass is 79.9. The Labute approximate surface area is 136 Å². The van der Waals surface area contributed by atoms with Gasteiger partial charge in [0.2, 0.25) is 0 Å². The number of aromatic nitrogens is 1. The van der Waals surface area contributed by atoms with Gasteiger partial charge in [0, 0.05) is 16.7 Å². The molecule has 0 unspecified atom stereocenters. The van der Waals surface area contributed by atoms with E-state index in [-0.39, 0.29) is 24.1 Å². The topological polar surface area (TPSA) is 84.5 Å². The summed E-state index contributed by atoms with van der Waals surface area (Å²) in [6, 6.07) is 3.32. The molecule has 0 aromatic carbocycles. The van der Waals surface area contributed by atoms with E-state index in [1.165, 1.54) is 6.07 Å². The van der Waals surface area contributed by atoms with Crippen LogP contribution in [0.5, 0.6) is 0 Å². The number of carbonyl (C=O) groups excluding carboxylic acids is 1. The lowest BCUT2D eigenvalue weighted by Crippen LogP contribution is -2.25. The molecule has 1 amide bonds. The lowest BCUT2D eigenvalue weighted by Gasteiger charge is -2.12. The molecule has 2 rings (SSSR count). The van der Waals surface area contributed by atoms with E-state index in [0.29, 0.717) is 17.2 Å². The fourth-order valence-corrected chi connectivity index (χ4v) is 2.59. The predicted molar refractivity (Wildman–Crippen MR) is 84.1 cm³/mol. The summed E-state index contributed by atoms with van der Waals surface area (Å²) in [7, 11) is 0. The fraction of sp³-hybridized carbons (Fsp3) is 0.333. The third-order valence-corrected chi connectivity index (χ3v) is 3.66. The van der Waals surface area contributed by atoms with Gasteiger partial charge in [-0.15, -0.1) is 0 Å². The van der Waals surface area contributed by atoms with Gasteiger partial charge in [0.15, 0.2) is 0 Å². The number of aryl methyl sites for hydroxylation is 1. The van der Waals surface area contributed by atoms with Gasteiger partial charge < -0.3 is 19.4 Å². The summed E-state index contributed by atoms with van der Waals surface area (Å²) in [5.41, 5.74) is 0.640. The molecule has 0 bridgehead atoms. The second kappa shape index (κ2) is 6.39. The lowest BCUT2D eigenvalue weighted by atomic mass is 10.2. The molecule has 2 N–H and O–H groups in total. The molecule has 2 heterocycles. The minimum Gasteiger partial charge on any atom is -0.478 e. The normalized spacial score (nSPS) is 11.0. The number of nitrogens with zero attached hydrogens (tertiary/aromatic N) is 1. The van der Waals surface area contributed by atoms with Gasteiger partial charge in [0.1, 0.15) is 22.8 Å². The number of carbonyl (C=O) groups is 2. The number of rotatable bonds is 5. The van der Waals surface area contributed by atoms with E-state index in [9.17, 15) is 9.59 Å². The molecule has 2 aromatic heterocycles. The molecule has 0 radical (unpaired) electrons. The molecule has 0 aliphatic rings. The molecule has 0 aliphatic heterocycles. The molecule has 22 heavy (non-hydrogen) atoms. The summed E-state index contributed by atoms with van der Waals surface area (Å²) in [6.45, 7) is 5.68. The van der Waals surface area contributed by atoms with Crippen molar-refractivity contribution in [2.24, 2.45) is 0 Å². The van der Waals surface area contributed by atoms with Crippen LogP contribution < -0.4 is 5.32 Å². The molecule has 2 aromatic rings. The Morgan fingerprint density at radius 1 is 1.41 bits per heavy atom. The van der Waals surface area contributed by atoms with Crippen molar-refractivity contribution in [3.63, 3.8) is 0 Å². The van der Waals surface area contributed by atoms with E-state index in [1.807, 2.05) is 24.6 Å². The highest BCUT2D eigenvalue weighted by molar-refractivity contribution is 9.10. The molecule has 0 fully saturated rings. The van der Waals surface area contributed by atoms with Crippen LogP contribution in [-0.4, -0.2) is 21.6 Å². The number of carboxylic acids is 1. The second-order valence-electron chi connectivity index (χ2n) is 5.21. The van der Waals surface area contributed by atoms with E-state index >= 15 is 0 Å². The molecule has 0 aliphatic carbocycles. The van der Waals surface area contributed by atoms with Gasteiger partial charge in [0.05, 0.1) is 6.54 Å². The molecule has 6 nitrogen and oxygen atoms in total. The molecule has 0 spiro atoms. The smallest absolute Gasteiger partial charge is 0.339 e. The molecular formula is C15H17BrN2O4. The number of furan rings is 1. The minimum absolute atomic E-state index is 0.109. The van der Waals surface area contributed by atoms with Crippen molar-refractivity contribution in [2.75, 3.05) is 0 Å². The summed E-state index contributed by atoms with van der Waals surface area (Å²) in [5.74, 6) is -0.559. The highest BCUT2D eigenvalue weighted by Gasteiger charge is 2.17. The summed E-state index contributed by atoms with van der Waals surface area (Å²) in [4.78, 5) is 23.2. The van der Waals surface area contributed by atoms with Crippen LogP contribution >= 0.6 is 15.9 Å². The van der Waals surface area contributed by atoms with Gasteiger partial charge in [-0.1, -0.05) is 0 Å².